The lowest BCUT2D eigenvalue weighted by Crippen LogP contribution is -2.72. The summed E-state index contributed by atoms with van der Waals surface area (Å²) in [5.74, 6) is -2.62. The Morgan fingerprint density at radius 3 is 0.914 bits per heavy atom. The lowest BCUT2D eigenvalue weighted by Gasteiger charge is -2.42. The van der Waals surface area contributed by atoms with Gasteiger partial charge in [0.25, 0.3) is 0 Å². The first-order valence-electron chi connectivity index (χ1n) is 23.8. The summed E-state index contributed by atoms with van der Waals surface area (Å²) >= 11 is 0. The normalized spacial score (nSPS) is 14.3. The van der Waals surface area contributed by atoms with Gasteiger partial charge in [-0.15, -0.1) is 0 Å². The Hall–Kier alpha value is -1.04. The molecule has 0 heterocycles. The van der Waals surface area contributed by atoms with Crippen molar-refractivity contribution in [2.75, 3.05) is 6.61 Å². The maximum atomic E-state index is 13.7. The van der Waals surface area contributed by atoms with Gasteiger partial charge < -0.3 is 35.1 Å². The molecule has 0 rings (SSSR count). The first-order valence-corrected chi connectivity index (χ1v) is 25.3. The Morgan fingerprint density at radius 2 is 0.655 bits per heavy atom. The lowest BCUT2D eigenvalue weighted by molar-refractivity contribution is -0.213. The number of hydrogen-bond donors (Lipinski definition) is 7. The zero-order valence-electron chi connectivity index (χ0n) is 37.5. The molecular formula is C46H91O11P. The van der Waals surface area contributed by atoms with Crippen LogP contribution in [0.15, 0.2) is 0 Å². The summed E-state index contributed by atoms with van der Waals surface area (Å²) in [7, 11) is -4.64. The number of carbonyl (C=O) groups is 3. The van der Waals surface area contributed by atoms with Gasteiger partial charge in [0.05, 0.1) is 6.61 Å². The van der Waals surface area contributed by atoms with Crippen molar-refractivity contribution in [3.05, 3.63) is 0 Å². The van der Waals surface area contributed by atoms with Gasteiger partial charge in [0.1, 0.15) is 0 Å². The molecule has 0 saturated heterocycles. The summed E-state index contributed by atoms with van der Waals surface area (Å²) in [6, 6.07) is 0. The number of unbranched alkanes of at least 4 members (excludes halogenated alkanes) is 30. The van der Waals surface area contributed by atoms with E-state index in [-0.39, 0.29) is 19.3 Å². The minimum absolute atomic E-state index is 0.0689. The topological polar surface area (TPSA) is 210 Å². The van der Waals surface area contributed by atoms with Gasteiger partial charge in [-0.3, -0.25) is 14.4 Å². The molecule has 0 saturated carbocycles. The second-order valence-electron chi connectivity index (χ2n) is 16.9. The highest BCUT2D eigenvalue weighted by Crippen LogP contribution is 2.33. The molecule has 0 aliphatic heterocycles. The van der Waals surface area contributed by atoms with E-state index >= 15 is 0 Å². The van der Waals surface area contributed by atoms with Crippen LogP contribution < -0.4 is 0 Å². The molecule has 0 bridgehead atoms. The molecule has 3 atom stereocenters. The number of Topliss-reactive ketones (excluding diaryl/α,β-unsaturated/α-hetero) is 3. The van der Waals surface area contributed by atoms with Crippen molar-refractivity contribution in [2.24, 2.45) is 0 Å². The van der Waals surface area contributed by atoms with E-state index in [2.05, 4.69) is 20.8 Å². The lowest BCUT2D eigenvalue weighted by atomic mass is 9.70. The zero-order chi connectivity index (χ0) is 44.0. The fourth-order valence-electron chi connectivity index (χ4n) is 7.66. The van der Waals surface area contributed by atoms with Gasteiger partial charge in [-0.05, 0) is 19.3 Å². The molecule has 0 amide bonds. The third-order valence-corrected chi connectivity index (χ3v) is 11.5. The van der Waals surface area contributed by atoms with Crippen molar-refractivity contribution in [2.45, 2.75) is 269 Å². The van der Waals surface area contributed by atoms with Crippen LogP contribution in [0.4, 0.5) is 0 Å². The Labute approximate surface area is 354 Å². The summed E-state index contributed by atoms with van der Waals surface area (Å²) in [5, 5.41) is 45.1. The quantitative estimate of drug-likeness (QED) is 0.0227. The number of ketones is 3. The minimum atomic E-state index is -4.64. The number of aliphatic hydroxyl groups is 4. The summed E-state index contributed by atoms with van der Waals surface area (Å²) in [5.41, 5.74) is -6.05. The van der Waals surface area contributed by atoms with Gasteiger partial charge in [-0.2, -0.15) is 0 Å². The van der Waals surface area contributed by atoms with Crippen LogP contribution in [0.3, 0.4) is 0 Å². The highest BCUT2D eigenvalue weighted by molar-refractivity contribution is 7.45. The van der Waals surface area contributed by atoms with Gasteiger partial charge in [0.15, 0.2) is 34.7 Å². The summed E-state index contributed by atoms with van der Waals surface area (Å²) in [4.78, 5) is 62.1. The first kappa shape index (κ1) is 59.1. The highest BCUT2D eigenvalue weighted by Gasteiger charge is 2.63. The van der Waals surface area contributed by atoms with Gasteiger partial charge in [0, 0.05) is 19.3 Å². The first-order chi connectivity index (χ1) is 27.7. The van der Waals surface area contributed by atoms with Crippen molar-refractivity contribution in [3.63, 3.8) is 0 Å². The smallest absolute Gasteiger partial charge is 0.393 e. The summed E-state index contributed by atoms with van der Waals surface area (Å²) in [6.07, 6.45) is 32.9. The van der Waals surface area contributed by atoms with Crippen LogP contribution in [0.25, 0.3) is 0 Å². The van der Waals surface area contributed by atoms with E-state index in [0.717, 1.165) is 77.0 Å². The third kappa shape index (κ3) is 30.9. The maximum absolute atomic E-state index is 13.7. The van der Waals surface area contributed by atoms with Gasteiger partial charge in [-0.25, -0.2) is 4.57 Å². The molecule has 0 aliphatic rings. The van der Waals surface area contributed by atoms with E-state index in [1.165, 1.54) is 116 Å². The van der Waals surface area contributed by atoms with E-state index in [0.29, 0.717) is 19.3 Å². The molecule has 346 valence electrons. The second-order valence-corrected chi connectivity index (χ2v) is 17.9. The second kappa shape index (κ2) is 38.9. The number of phosphoric acid groups is 1. The fraction of sp³-hybridized carbons (Fsp3) is 0.935. The fourth-order valence-corrected chi connectivity index (χ4v) is 7.66. The van der Waals surface area contributed by atoms with E-state index in [1.807, 2.05) is 0 Å². The Morgan fingerprint density at radius 1 is 0.431 bits per heavy atom. The molecule has 11 nitrogen and oxygen atoms in total. The Kier molecular flexibility index (Phi) is 39.6. The van der Waals surface area contributed by atoms with Crippen LogP contribution in [0, 0.1) is 0 Å². The molecule has 7 N–H and O–H groups in total. The molecule has 0 fully saturated rings. The molecule has 0 aromatic rings. The van der Waals surface area contributed by atoms with Crippen LogP contribution in [0.1, 0.15) is 252 Å². The largest absolute Gasteiger partial charge is 0.466 e. The SMILES string of the molecule is CCCCCCCCCCCCCC(=O)C(O)[C@@](O)(C(=O)CCCCCCCCCCCCC)[C@](O)(CO)C(=O)CCCCCCCCCCCCC.O=P(O)(O)O. The highest BCUT2D eigenvalue weighted by atomic mass is 31.2. The predicted octanol–water partition coefficient (Wildman–Crippen LogP) is 10.7. The van der Waals surface area contributed by atoms with Gasteiger partial charge >= 0.3 is 7.82 Å². The number of aliphatic hydroxyl groups excluding tert-OH is 2. The molecular weight excluding hydrogens is 759 g/mol. The monoisotopic (exact) mass is 851 g/mol. The predicted molar refractivity (Wildman–Crippen MR) is 236 cm³/mol. The van der Waals surface area contributed by atoms with Crippen LogP contribution >= 0.6 is 7.82 Å². The number of rotatable bonds is 42. The molecule has 0 aliphatic carbocycles. The van der Waals surface area contributed by atoms with Crippen LogP contribution in [0.2, 0.25) is 0 Å². The third-order valence-electron chi connectivity index (χ3n) is 11.5. The van der Waals surface area contributed by atoms with Crippen molar-refractivity contribution < 1.29 is 54.1 Å². The average molecular weight is 851 g/mol. The Bertz CT molecular complexity index is 1030. The molecule has 0 radical (unpaired) electrons. The molecule has 1 unspecified atom stereocenters. The van der Waals surface area contributed by atoms with Crippen molar-refractivity contribution in [1.29, 1.82) is 0 Å². The summed E-state index contributed by atoms with van der Waals surface area (Å²) < 4.78 is 8.88. The Balaban J connectivity index is 0. The maximum Gasteiger partial charge on any atom is 0.466 e. The standard InChI is InChI=1S/C46H88O7.H3O4P/c1-4-7-10-13-16-19-22-25-28-31-34-37-41(48)44(51)46(53,43(50)39-36-33-30-27-24-21-18-15-12-9-6-3)45(52,40-47)42(49)38-35-32-29-26-23-20-17-14-11-8-5-2;1-5(2,3)4/h44,47,51-53H,4-40H2,1-3H3;(H3,1,2,3,4)/t44?,45-,46-;/m0./s1. The van der Waals surface area contributed by atoms with Crippen LogP contribution in [-0.2, 0) is 18.9 Å². The van der Waals surface area contributed by atoms with E-state index in [4.69, 9.17) is 19.2 Å². The van der Waals surface area contributed by atoms with E-state index in [9.17, 15) is 34.8 Å². The summed E-state index contributed by atoms with van der Waals surface area (Å²) in [6.45, 7) is 5.40. The zero-order valence-corrected chi connectivity index (χ0v) is 38.3. The number of carbonyl (C=O) groups excluding carboxylic acids is 3. The van der Waals surface area contributed by atoms with Gasteiger partial charge in [-0.1, -0.05) is 213 Å². The van der Waals surface area contributed by atoms with Crippen molar-refractivity contribution >= 4 is 25.2 Å². The molecule has 0 spiro atoms. The molecule has 12 heteroatoms. The van der Waals surface area contributed by atoms with Crippen molar-refractivity contribution in [1.82, 2.24) is 0 Å². The van der Waals surface area contributed by atoms with E-state index in [1.54, 1.807) is 0 Å². The van der Waals surface area contributed by atoms with Crippen LogP contribution in [-0.4, -0.2) is 76.4 Å². The average Bonchev–Trinajstić information content (AvgIpc) is 3.19. The molecule has 0 aromatic heterocycles. The van der Waals surface area contributed by atoms with Crippen LogP contribution in [0.5, 0.6) is 0 Å². The number of hydrogen-bond acceptors (Lipinski definition) is 8. The van der Waals surface area contributed by atoms with E-state index < -0.39 is 49.1 Å². The minimum Gasteiger partial charge on any atom is -0.393 e. The molecule has 58 heavy (non-hydrogen) atoms. The van der Waals surface area contributed by atoms with Gasteiger partial charge in [0.2, 0.25) is 0 Å². The molecule has 0 aromatic carbocycles. The van der Waals surface area contributed by atoms with Crippen molar-refractivity contribution in [3.8, 4) is 0 Å².